The predicted molar refractivity (Wildman–Crippen MR) is 92.5 cm³/mol. The number of benzene rings is 2. The molecule has 122 valence electrons. The summed E-state index contributed by atoms with van der Waals surface area (Å²) in [4.78, 5) is 14.6. The van der Waals surface area contributed by atoms with Crippen LogP contribution in [0.25, 0.3) is 0 Å². The number of carbonyl (C=O) groups is 1. The van der Waals surface area contributed by atoms with Crippen LogP contribution in [-0.4, -0.2) is 30.5 Å². The molecule has 0 saturated heterocycles. The Kier molecular flexibility index (Phi) is 6.63. The third kappa shape index (κ3) is 5.11. The predicted octanol–water partition coefficient (Wildman–Crippen LogP) is 3.08. The summed E-state index contributed by atoms with van der Waals surface area (Å²) in [6, 6.07) is 17.3. The van der Waals surface area contributed by atoms with Gasteiger partial charge in [0.25, 0.3) is 5.91 Å². The number of hydrogen-bond donors (Lipinski definition) is 1. The van der Waals surface area contributed by atoms with Crippen molar-refractivity contribution in [3.8, 4) is 5.75 Å². The smallest absolute Gasteiger partial charge is 0.254 e. The monoisotopic (exact) mass is 312 g/mol. The molecule has 0 spiro atoms. The van der Waals surface area contributed by atoms with E-state index in [1.807, 2.05) is 66.4 Å². The minimum atomic E-state index is 0.0188. The highest BCUT2D eigenvalue weighted by Gasteiger charge is 2.15. The molecule has 1 amide bonds. The van der Waals surface area contributed by atoms with E-state index < -0.39 is 0 Å². The second-order valence-electron chi connectivity index (χ2n) is 5.31. The van der Waals surface area contributed by atoms with Gasteiger partial charge in [-0.3, -0.25) is 4.79 Å². The van der Waals surface area contributed by atoms with Crippen LogP contribution in [0.1, 0.15) is 29.3 Å². The molecule has 0 bridgehead atoms. The van der Waals surface area contributed by atoms with Crippen LogP contribution in [0.4, 0.5) is 0 Å². The van der Waals surface area contributed by atoms with Gasteiger partial charge in [0, 0.05) is 18.7 Å². The zero-order valence-corrected chi connectivity index (χ0v) is 13.6. The van der Waals surface area contributed by atoms with Gasteiger partial charge in [-0.15, -0.1) is 0 Å². The van der Waals surface area contributed by atoms with Crippen molar-refractivity contribution in [2.45, 2.75) is 19.9 Å². The lowest BCUT2D eigenvalue weighted by Crippen LogP contribution is -2.32. The first-order chi connectivity index (χ1) is 11.2. The van der Waals surface area contributed by atoms with E-state index in [9.17, 15) is 4.79 Å². The third-order valence-corrected chi connectivity index (χ3v) is 3.55. The van der Waals surface area contributed by atoms with Gasteiger partial charge in [0.1, 0.15) is 5.75 Å². The lowest BCUT2D eigenvalue weighted by atomic mass is 10.1. The molecule has 0 saturated carbocycles. The largest absolute Gasteiger partial charge is 0.494 e. The molecular weight excluding hydrogens is 288 g/mol. The number of hydrogen-bond acceptors (Lipinski definition) is 3. The Morgan fingerprint density at radius 2 is 1.78 bits per heavy atom. The molecule has 2 N–H and O–H groups in total. The summed E-state index contributed by atoms with van der Waals surface area (Å²) in [7, 11) is 0. The maximum atomic E-state index is 12.8. The number of nitrogens with zero attached hydrogens (tertiary/aromatic N) is 1. The molecular formula is C19H24N2O2. The fourth-order valence-electron chi connectivity index (χ4n) is 2.38. The van der Waals surface area contributed by atoms with E-state index in [2.05, 4.69) is 0 Å². The SMILES string of the molecule is CCOc1ccc(C(=O)N(CCCN)Cc2ccccc2)cc1. The Balaban J connectivity index is 2.11. The molecule has 2 aromatic rings. The van der Waals surface area contributed by atoms with Crippen LogP contribution in [0.3, 0.4) is 0 Å². The molecule has 0 radical (unpaired) electrons. The summed E-state index contributed by atoms with van der Waals surface area (Å²) in [5.41, 5.74) is 7.39. The molecule has 2 aromatic carbocycles. The fourth-order valence-corrected chi connectivity index (χ4v) is 2.38. The Morgan fingerprint density at radius 3 is 2.39 bits per heavy atom. The first-order valence-electron chi connectivity index (χ1n) is 8.00. The second kappa shape index (κ2) is 8.96. The fraction of sp³-hybridized carbons (Fsp3) is 0.316. The molecule has 0 aliphatic heterocycles. The Hall–Kier alpha value is -2.33. The highest BCUT2D eigenvalue weighted by molar-refractivity contribution is 5.94. The van der Waals surface area contributed by atoms with Crippen LogP contribution in [-0.2, 0) is 6.54 Å². The van der Waals surface area contributed by atoms with Crippen molar-refractivity contribution in [1.82, 2.24) is 4.90 Å². The van der Waals surface area contributed by atoms with Crippen molar-refractivity contribution in [2.75, 3.05) is 19.7 Å². The highest BCUT2D eigenvalue weighted by Crippen LogP contribution is 2.15. The molecule has 0 aliphatic rings. The van der Waals surface area contributed by atoms with E-state index >= 15 is 0 Å². The van der Waals surface area contributed by atoms with Crippen LogP contribution in [0.2, 0.25) is 0 Å². The second-order valence-corrected chi connectivity index (χ2v) is 5.31. The van der Waals surface area contributed by atoms with Crippen molar-refractivity contribution in [3.05, 3.63) is 65.7 Å². The van der Waals surface area contributed by atoms with E-state index in [1.165, 1.54) is 0 Å². The first-order valence-corrected chi connectivity index (χ1v) is 8.00. The number of ether oxygens (including phenoxy) is 1. The zero-order chi connectivity index (χ0) is 16.5. The molecule has 4 heteroatoms. The molecule has 4 nitrogen and oxygen atoms in total. The number of nitrogens with two attached hydrogens (primary N) is 1. The summed E-state index contributed by atoms with van der Waals surface area (Å²) < 4.78 is 5.42. The van der Waals surface area contributed by atoms with Gasteiger partial charge in [0.15, 0.2) is 0 Å². The van der Waals surface area contributed by atoms with Crippen LogP contribution in [0.5, 0.6) is 5.75 Å². The average Bonchev–Trinajstić information content (AvgIpc) is 2.60. The summed E-state index contributed by atoms with van der Waals surface area (Å²) in [5.74, 6) is 0.797. The third-order valence-electron chi connectivity index (χ3n) is 3.55. The minimum Gasteiger partial charge on any atom is -0.494 e. The first kappa shape index (κ1) is 17.0. The highest BCUT2D eigenvalue weighted by atomic mass is 16.5. The summed E-state index contributed by atoms with van der Waals surface area (Å²) >= 11 is 0. The standard InChI is InChI=1S/C19H24N2O2/c1-2-23-18-11-9-17(10-12-18)19(22)21(14-6-13-20)15-16-7-4-3-5-8-16/h3-5,7-12H,2,6,13-15,20H2,1H3. The Morgan fingerprint density at radius 1 is 1.09 bits per heavy atom. The van der Waals surface area contributed by atoms with Crippen LogP contribution in [0.15, 0.2) is 54.6 Å². The van der Waals surface area contributed by atoms with Crippen molar-refractivity contribution >= 4 is 5.91 Å². The van der Waals surface area contributed by atoms with Crippen molar-refractivity contribution in [3.63, 3.8) is 0 Å². The van der Waals surface area contributed by atoms with E-state index in [0.717, 1.165) is 17.7 Å². The van der Waals surface area contributed by atoms with E-state index in [4.69, 9.17) is 10.5 Å². The van der Waals surface area contributed by atoms with Gasteiger partial charge in [0.2, 0.25) is 0 Å². The molecule has 0 fully saturated rings. The van der Waals surface area contributed by atoms with Crippen LogP contribution >= 0.6 is 0 Å². The van der Waals surface area contributed by atoms with Crippen LogP contribution in [0, 0.1) is 0 Å². The molecule has 0 unspecified atom stereocenters. The van der Waals surface area contributed by atoms with Gasteiger partial charge < -0.3 is 15.4 Å². The molecule has 0 atom stereocenters. The van der Waals surface area contributed by atoms with E-state index in [1.54, 1.807) is 0 Å². The topological polar surface area (TPSA) is 55.6 Å². The lowest BCUT2D eigenvalue weighted by Gasteiger charge is -2.23. The van der Waals surface area contributed by atoms with Gasteiger partial charge in [-0.1, -0.05) is 30.3 Å². The summed E-state index contributed by atoms with van der Waals surface area (Å²) in [5, 5.41) is 0. The number of rotatable bonds is 8. The quantitative estimate of drug-likeness (QED) is 0.815. The van der Waals surface area contributed by atoms with Gasteiger partial charge >= 0.3 is 0 Å². The number of carbonyl (C=O) groups excluding carboxylic acids is 1. The molecule has 0 aromatic heterocycles. The number of amides is 1. The molecule has 23 heavy (non-hydrogen) atoms. The van der Waals surface area contributed by atoms with Gasteiger partial charge in [-0.2, -0.15) is 0 Å². The summed E-state index contributed by atoms with van der Waals surface area (Å²) in [6.45, 7) is 4.36. The lowest BCUT2D eigenvalue weighted by molar-refractivity contribution is 0.0742. The van der Waals surface area contributed by atoms with Crippen molar-refractivity contribution < 1.29 is 9.53 Å². The van der Waals surface area contributed by atoms with Gasteiger partial charge in [0.05, 0.1) is 6.61 Å². The minimum absolute atomic E-state index is 0.0188. The van der Waals surface area contributed by atoms with E-state index in [0.29, 0.717) is 31.8 Å². The van der Waals surface area contributed by atoms with Gasteiger partial charge in [-0.25, -0.2) is 0 Å². The van der Waals surface area contributed by atoms with Crippen LogP contribution < -0.4 is 10.5 Å². The Labute approximate surface area is 137 Å². The maximum absolute atomic E-state index is 12.8. The Bertz CT molecular complexity index is 597. The molecule has 0 heterocycles. The zero-order valence-electron chi connectivity index (χ0n) is 13.6. The molecule has 0 aliphatic carbocycles. The van der Waals surface area contributed by atoms with Crippen molar-refractivity contribution in [1.29, 1.82) is 0 Å². The maximum Gasteiger partial charge on any atom is 0.254 e. The van der Waals surface area contributed by atoms with Gasteiger partial charge in [-0.05, 0) is 49.7 Å². The average molecular weight is 312 g/mol. The summed E-state index contributed by atoms with van der Waals surface area (Å²) in [6.07, 6.45) is 0.787. The van der Waals surface area contributed by atoms with E-state index in [-0.39, 0.29) is 5.91 Å². The van der Waals surface area contributed by atoms with Crippen molar-refractivity contribution in [2.24, 2.45) is 5.73 Å². The normalized spacial score (nSPS) is 10.3. The molecule has 2 rings (SSSR count).